The van der Waals surface area contributed by atoms with Gasteiger partial charge in [-0.3, -0.25) is 4.39 Å². The number of halogens is 1. The first-order valence-corrected chi connectivity index (χ1v) is 4.27. The van der Waals surface area contributed by atoms with Gasteiger partial charge in [-0.15, -0.1) is 0 Å². The molecule has 0 aromatic heterocycles. The molecule has 1 saturated carbocycles. The fourth-order valence-electron chi connectivity index (χ4n) is 1.85. The van der Waals surface area contributed by atoms with Gasteiger partial charge in [-0.1, -0.05) is 12.8 Å². The Morgan fingerprint density at radius 3 is 2.45 bits per heavy atom. The lowest BCUT2D eigenvalue weighted by Crippen LogP contribution is -2.22. The lowest BCUT2D eigenvalue weighted by molar-refractivity contribution is 0.204. The maximum absolute atomic E-state index is 12.3. The van der Waals surface area contributed by atoms with E-state index in [1.165, 1.54) is 6.42 Å². The Hall–Kier alpha value is -0.580. The Balaban J connectivity index is 2.39. The lowest BCUT2D eigenvalue weighted by atomic mass is 9.80. The van der Waals surface area contributed by atoms with Crippen molar-refractivity contribution in [3.63, 3.8) is 0 Å². The molecule has 2 unspecified atom stereocenters. The van der Waals surface area contributed by atoms with E-state index in [-0.39, 0.29) is 12.6 Å². The zero-order valence-corrected chi connectivity index (χ0v) is 6.72. The van der Waals surface area contributed by atoms with Gasteiger partial charge in [0.2, 0.25) is 6.54 Å². The summed E-state index contributed by atoms with van der Waals surface area (Å²) in [5.41, 5.74) is 0. The number of hydrogen-bond acceptors (Lipinski definition) is 0. The van der Waals surface area contributed by atoms with Gasteiger partial charge in [0.25, 0.3) is 0 Å². The zero-order valence-electron chi connectivity index (χ0n) is 6.72. The smallest absolute Gasteiger partial charge is 0.217 e. The first-order chi connectivity index (χ1) is 5.38. The lowest BCUT2D eigenvalue weighted by Gasteiger charge is -2.25. The van der Waals surface area contributed by atoms with Gasteiger partial charge in [-0.05, 0) is 18.8 Å². The third-order valence-corrected chi connectivity index (χ3v) is 2.59. The molecule has 0 spiro atoms. The average Bonchev–Trinajstić information content (AvgIpc) is 2.06. The molecule has 1 fully saturated rings. The Labute approximate surface area is 67.4 Å². The van der Waals surface area contributed by atoms with Crippen LogP contribution in [0.2, 0.25) is 0 Å². The fraction of sp³-hybridized carbons (Fsp3) is 0.889. The molecule has 0 N–H and O–H groups in total. The predicted molar refractivity (Wildman–Crippen MR) is 42.9 cm³/mol. The van der Waals surface area contributed by atoms with E-state index < -0.39 is 0 Å². The van der Waals surface area contributed by atoms with Gasteiger partial charge < -0.3 is 4.85 Å². The summed E-state index contributed by atoms with van der Waals surface area (Å²) >= 11 is 0. The van der Waals surface area contributed by atoms with Crippen LogP contribution in [0.15, 0.2) is 0 Å². The van der Waals surface area contributed by atoms with E-state index in [2.05, 4.69) is 4.85 Å². The van der Waals surface area contributed by atoms with Gasteiger partial charge in [0.15, 0.2) is 0 Å². The molecule has 0 heterocycles. The molecule has 0 aromatic carbocycles. The van der Waals surface area contributed by atoms with Crippen LogP contribution in [0, 0.1) is 18.4 Å². The number of hydrogen-bond donors (Lipinski definition) is 0. The molecule has 1 nitrogen and oxygen atoms in total. The van der Waals surface area contributed by atoms with Crippen LogP contribution in [0.25, 0.3) is 4.85 Å². The molecule has 11 heavy (non-hydrogen) atoms. The summed E-state index contributed by atoms with van der Waals surface area (Å²) in [5, 5.41) is 0. The Morgan fingerprint density at radius 1 is 1.27 bits per heavy atom. The van der Waals surface area contributed by atoms with Crippen molar-refractivity contribution < 1.29 is 4.39 Å². The largest absolute Gasteiger partial charge is 0.317 e. The maximum Gasteiger partial charge on any atom is 0.217 e. The van der Waals surface area contributed by atoms with Gasteiger partial charge in [0, 0.05) is 5.92 Å². The summed E-state index contributed by atoms with van der Waals surface area (Å²) in [6.45, 7) is 7.02. The van der Waals surface area contributed by atoms with Crippen LogP contribution in [-0.2, 0) is 0 Å². The highest BCUT2D eigenvalue weighted by atomic mass is 19.1. The minimum absolute atomic E-state index is 0.192. The van der Waals surface area contributed by atoms with Crippen molar-refractivity contribution in [1.82, 2.24) is 0 Å². The molecule has 0 saturated heterocycles. The van der Waals surface area contributed by atoms with Crippen molar-refractivity contribution in [3.8, 4) is 0 Å². The second-order valence-electron chi connectivity index (χ2n) is 3.30. The van der Waals surface area contributed by atoms with Gasteiger partial charge >= 0.3 is 0 Å². The van der Waals surface area contributed by atoms with E-state index in [0.717, 1.165) is 19.3 Å². The summed E-state index contributed by atoms with van der Waals surface area (Å²) in [4.78, 5) is 3.34. The Kier molecular flexibility index (Phi) is 3.35. The molecule has 2 heteroatoms. The van der Waals surface area contributed by atoms with Crippen molar-refractivity contribution in [2.45, 2.75) is 25.7 Å². The van der Waals surface area contributed by atoms with Crippen molar-refractivity contribution in [1.29, 1.82) is 0 Å². The predicted octanol–water partition coefficient (Wildman–Crippen LogP) is 2.68. The summed E-state index contributed by atoms with van der Waals surface area (Å²) in [6, 6.07) is 0. The van der Waals surface area contributed by atoms with Crippen molar-refractivity contribution in [3.05, 3.63) is 11.4 Å². The molecule has 0 aromatic rings. The zero-order chi connectivity index (χ0) is 8.10. The van der Waals surface area contributed by atoms with Crippen LogP contribution in [0.3, 0.4) is 0 Å². The van der Waals surface area contributed by atoms with E-state index in [1.54, 1.807) is 0 Å². The van der Waals surface area contributed by atoms with Crippen molar-refractivity contribution in [2.75, 3.05) is 13.2 Å². The first kappa shape index (κ1) is 8.52. The SMILES string of the molecule is [C-]#[N+]CC1CCCCC1CF. The van der Waals surface area contributed by atoms with Crippen LogP contribution >= 0.6 is 0 Å². The Morgan fingerprint density at radius 2 is 1.91 bits per heavy atom. The monoisotopic (exact) mass is 155 g/mol. The standard InChI is InChI=1S/C9H14FN/c1-11-7-9-5-3-2-4-8(9)6-10/h8-9H,2-7H2. The third kappa shape index (κ3) is 2.18. The summed E-state index contributed by atoms with van der Waals surface area (Å²) < 4.78 is 12.3. The molecule has 2 atom stereocenters. The van der Waals surface area contributed by atoms with Crippen molar-refractivity contribution in [2.24, 2.45) is 11.8 Å². The molecule has 1 aliphatic carbocycles. The van der Waals surface area contributed by atoms with Crippen molar-refractivity contribution >= 4 is 0 Å². The van der Waals surface area contributed by atoms with E-state index in [1.807, 2.05) is 0 Å². The highest BCUT2D eigenvalue weighted by molar-refractivity contribution is 4.80. The third-order valence-electron chi connectivity index (χ3n) is 2.59. The van der Waals surface area contributed by atoms with Crippen LogP contribution in [0.4, 0.5) is 4.39 Å². The first-order valence-electron chi connectivity index (χ1n) is 4.27. The van der Waals surface area contributed by atoms with Crippen LogP contribution in [0.5, 0.6) is 0 Å². The number of alkyl halides is 1. The average molecular weight is 155 g/mol. The molecule has 1 rings (SSSR count). The maximum atomic E-state index is 12.3. The van der Waals surface area contributed by atoms with Gasteiger partial charge in [0.05, 0.1) is 6.67 Å². The quantitative estimate of drug-likeness (QED) is 0.540. The van der Waals surface area contributed by atoms with E-state index >= 15 is 0 Å². The highest BCUT2D eigenvalue weighted by Gasteiger charge is 2.26. The summed E-state index contributed by atoms with van der Waals surface area (Å²) in [7, 11) is 0. The normalized spacial score (nSPS) is 31.3. The van der Waals surface area contributed by atoms with Crippen LogP contribution in [0.1, 0.15) is 25.7 Å². The molecule has 1 aliphatic rings. The number of nitrogens with zero attached hydrogens (tertiary/aromatic N) is 1. The minimum atomic E-state index is -0.222. The van der Waals surface area contributed by atoms with Gasteiger partial charge in [0.1, 0.15) is 0 Å². The second kappa shape index (κ2) is 4.33. The molecule has 62 valence electrons. The molecule has 0 amide bonds. The summed E-state index contributed by atoms with van der Waals surface area (Å²) in [6.07, 6.45) is 4.41. The second-order valence-corrected chi connectivity index (χ2v) is 3.30. The molecule has 0 bridgehead atoms. The van der Waals surface area contributed by atoms with E-state index in [9.17, 15) is 4.39 Å². The number of rotatable bonds is 2. The molecular formula is C9H14FN. The van der Waals surface area contributed by atoms with E-state index in [0.29, 0.717) is 12.5 Å². The van der Waals surface area contributed by atoms with Crippen LogP contribution in [-0.4, -0.2) is 13.2 Å². The Bertz CT molecular complexity index is 150. The minimum Gasteiger partial charge on any atom is -0.317 e. The highest BCUT2D eigenvalue weighted by Crippen LogP contribution is 2.30. The topological polar surface area (TPSA) is 4.36 Å². The van der Waals surface area contributed by atoms with Gasteiger partial charge in [-0.2, -0.15) is 0 Å². The fourth-order valence-corrected chi connectivity index (χ4v) is 1.85. The van der Waals surface area contributed by atoms with E-state index in [4.69, 9.17) is 6.57 Å². The summed E-state index contributed by atoms with van der Waals surface area (Å²) in [5.74, 6) is 0.545. The molecule has 0 radical (unpaired) electrons. The molecular weight excluding hydrogens is 141 g/mol. The molecule has 0 aliphatic heterocycles. The van der Waals surface area contributed by atoms with Crippen LogP contribution < -0.4 is 0 Å². The van der Waals surface area contributed by atoms with Gasteiger partial charge in [-0.25, -0.2) is 6.57 Å².